The summed E-state index contributed by atoms with van der Waals surface area (Å²) >= 11 is 5.53. The average Bonchev–Trinajstić information content (AvgIpc) is 1.61. The molecule has 0 amide bonds. The van der Waals surface area contributed by atoms with Crippen LogP contribution in [0.2, 0.25) is 0 Å². The number of benzene rings is 18. The molecule has 25 aromatic rings. The lowest BCUT2D eigenvalue weighted by Crippen LogP contribution is -1.96. The molecule has 0 spiro atoms. The maximum Gasteiger partial charge on any atom is 0.160 e. The topological polar surface area (TPSA) is 77.3 Å². The summed E-state index contributed by atoms with van der Waals surface area (Å²) in [5.41, 5.74) is 27.5. The predicted molar refractivity (Wildman–Crippen MR) is 539 cm³/mol. The molecule has 25 rings (SSSR count). The van der Waals surface area contributed by atoms with Crippen LogP contribution in [0.15, 0.2) is 437 Å². The van der Waals surface area contributed by atoms with Crippen LogP contribution in [0.4, 0.5) is 0 Å². The quantitative estimate of drug-likeness (QED) is 0.114. The zero-order chi connectivity index (χ0) is 83.8. The van der Waals surface area contributed by atoms with E-state index in [2.05, 4.69) is 394 Å². The Bertz CT molecular complexity index is 8610. The van der Waals surface area contributed by atoms with E-state index in [1.165, 1.54) is 115 Å². The molecule has 127 heavy (non-hydrogen) atoms. The first-order chi connectivity index (χ1) is 62.9. The van der Waals surface area contributed by atoms with Gasteiger partial charge < -0.3 is 0 Å². The molecule has 6 nitrogen and oxygen atoms in total. The minimum Gasteiger partial charge on any atom is -0.246 e. The smallest absolute Gasteiger partial charge is 0.160 e. The lowest BCUT2D eigenvalue weighted by atomic mass is 9.95. The fraction of sp³-hybridized carbons (Fsp3) is 0. The van der Waals surface area contributed by atoms with Crippen molar-refractivity contribution in [2.45, 2.75) is 0 Å². The Morgan fingerprint density at radius 2 is 0.457 bits per heavy atom. The van der Waals surface area contributed by atoms with Crippen molar-refractivity contribution < 1.29 is 0 Å². The van der Waals surface area contributed by atoms with Crippen LogP contribution in [0.25, 0.3) is 250 Å². The van der Waals surface area contributed by atoms with E-state index >= 15 is 0 Å². The second-order valence-corrected chi connectivity index (χ2v) is 35.4. The van der Waals surface area contributed by atoms with Gasteiger partial charge in [0.25, 0.3) is 0 Å². The van der Waals surface area contributed by atoms with E-state index < -0.39 is 0 Å². The lowest BCUT2D eigenvalue weighted by molar-refractivity contribution is 1.18. The van der Waals surface area contributed by atoms with E-state index in [1.807, 2.05) is 76.5 Å². The Hall–Kier alpha value is -15.9. The van der Waals surface area contributed by atoms with Crippen LogP contribution in [0.3, 0.4) is 0 Å². The van der Waals surface area contributed by atoms with Gasteiger partial charge >= 0.3 is 0 Å². The van der Waals surface area contributed by atoms with E-state index in [9.17, 15) is 0 Å². The average molecular weight is 1670 g/mol. The van der Waals surface area contributed by atoms with E-state index in [4.69, 9.17) is 29.9 Å². The van der Waals surface area contributed by atoms with Crippen LogP contribution in [0.5, 0.6) is 0 Å². The molecule has 0 radical (unpaired) electrons. The molecule has 592 valence electrons. The maximum absolute atomic E-state index is 5.51. The molecule has 7 heterocycles. The Morgan fingerprint density at radius 3 is 0.945 bits per heavy atom. The summed E-state index contributed by atoms with van der Waals surface area (Å²) in [6, 6.07) is 156. The van der Waals surface area contributed by atoms with Gasteiger partial charge in [-0.3, -0.25) is 0 Å². The summed E-state index contributed by atoms with van der Waals surface area (Å²) in [5.74, 6) is 1.40. The van der Waals surface area contributed by atoms with Gasteiger partial charge in [-0.05, 0) is 132 Å². The maximum atomic E-state index is 5.51. The third-order valence-corrected chi connectivity index (χ3v) is 28.2. The lowest BCUT2D eigenvalue weighted by Gasteiger charge is -2.12. The highest BCUT2D eigenvalue weighted by molar-refractivity contribution is 7.27. The third kappa shape index (κ3) is 13.8. The molecule has 0 atom stereocenters. The van der Waals surface area contributed by atoms with Crippen molar-refractivity contribution in [1.29, 1.82) is 0 Å². The molecule has 18 aromatic carbocycles. The molecule has 0 fully saturated rings. The van der Waals surface area contributed by atoms with Crippen molar-refractivity contribution in [3.05, 3.63) is 437 Å². The zero-order valence-electron chi connectivity index (χ0n) is 68.5. The van der Waals surface area contributed by atoms with Crippen LogP contribution in [0, 0.1) is 0 Å². The summed E-state index contributed by atoms with van der Waals surface area (Å²) in [4.78, 5) is 31.5. The monoisotopic (exact) mass is 1670 g/mol. The zero-order valence-corrected chi connectivity index (χ0v) is 70.9. The molecule has 0 N–H and O–H groups in total. The van der Waals surface area contributed by atoms with E-state index in [0.29, 0.717) is 11.6 Å². The molecular formula is C118H72N6S3. The Labute approximate surface area is 744 Å². The number of rotatable bonds is 13. The molecule has 0 aliphatic heterocycles. The molecule has 0 saturated carbocycles. The van der Waals surface area contributed by atoms with Gasteiger partial charge in [0.1, 0.15) is 0 Å². The minimum atomic E-state index is 0.698. The van der Waals surface area contributed by atoms with Crippen molar-refractivity contribution in [1.82, 2.24) is 29.9 Å². The van der Waals surface area contributed by atoms with Crippen molar-refractivity contribution in [2.24, 2.45) is 0 Å². The van der Waals surface area contributed by atoms with Crippen LogP contribution >= 0.6 is 34.0 Å². The largest absolute Gasteiger partial charge is 0.246 e. The Kier molecular flexibility index (Phi) is 18.7. The van der Waals surface area contributed by atoms with E-state index in [1.54, 1.807) is 0 Å². The number of pyridine rings is 2. The standard InChI is InChI=1S/C59H35N3S2.C59H37N3S/c1-2-13-41(14-3-1)59-61-50(35-51(62-59)40-30-26-38(27-31-40)44-19-11-21-47-45-17-6-8-22-53(45)63-57(44)47)39-28-24-36(25-29-39)42-32-33-48-52(34-42)60-56(46-20-10-15-37-12-4-5-16-43(37)46)58-55(48)49-18-7-9-23-54(49)64-58;1-3-14-38(15-4-1)39-28-30-41(31-29-39)52-37-53(62-59(61-52)42-17-5-2-6-18-42)47-23-12-22-45(35-47)43-20-11-21-44(34-43)46-32-33-50-54(36-46)60-57(49-26-13-19-40-16-7-8-24-48(40)49)58-56(50)51-25-9-10-27-55(51)63-58/h1-35H;1-37H. The Balaban J connectivity index is 0.000000142. The first kappa shape index (κ1) is 74.9. The molecule has 0 unspecified atom stereocenters. The van der Waals surface area contributed by atoms with E-state index in [0.717, 1.165) is 123 Å². The molecular weight excluding hydrogens is 1600 g/mol. The van der Waals surface area contributed by atoms with Gasteiger partial charge in [-0.25, -0.2) is 29.9 Å². The van der Waals surface area contributed by atoms with Crippen molar-refractivity contribution in [3.63, 3.8) is 0 Å². The molecule has 0 saturated heterocycles. The number of aromatic nitrogens is 6. The van der Waals surface area contributed by atoms with Gasteiger partial charge in [0.15, 0.2) is 11.6 Å². The first-order valence-corrected chi connectivity index (χ1v) is 45.2. The van der Waals surface area contributed by atoms with Crippen LogP contribution < -0.4 is 0 Å². The molecule has 0 aliphatic carbocycles. The normalized spacial score (nSPS) is 11.6. The molecule has 0 bridgehead atoms. The van der Waals surface area contributed by atoms with Crippen molar-refractivity contribution >= 4 is 138 Å². The second kappa shape index (κ2) is 31.8. The van der Waals surface area contributed by atoms with Gasteiger partial charge in [-0.1, -0.05) is 382 Å². The van der Waals surface area contributed by atoms with Gasteiger partial charge in [0.05, 0.1) is 54.6 Å². The highest BCUT2D eigenvalue weighted by Gasteiger charge is 2.23. The van der Waals surface area contributed by atoms with Gasteiger partial charge in [0, 0.05) is 106 Å². The number of thiophene rings is 3. The highest BCUT2D eigenvalue weighted by atomic mass is 32.1. The number of nitrogens with zero attached hydrogens (tertiary/aromatic N) is 6. The Morgan fingerprint density at radius 1 is 0.157 bits per heavy atom. The van der Waals surface area contributed by atoms with E-state index in [-0.39, 0.29) is 0 Å². The summed E-state index contributed by atoms with van der Waals surface area (Å²) in [6.45, 7) is 0. The number of hydrogen-bond donors (Lipinski definition) is 0. The second-order valence-electron chi connectivity index (χ2n) is 32.2. The third-order valence-electron chi connectivity index (χ3n) is 24.6. The fourth-order valence-electron chi connectivity index (χ4n) is 18.3. The summed E-state index contributed by atoms with van der Waals surface area (Å²) < 4.78 is 7.62. The summed E-state index contributed by atoms with van der Waals surface area (Å²) in [7, 11) is 0. The molecule has 7 aromatic heterocycles. The van der Waals surface area contributed by atoms with Crippen molar-refractivity contribution in [2.75, 3.05) is 0 Å². The van der Waals surface area contributed by atoms with Crippen LogP contribution in [-0.4, -0.2) is 29.9 Å². The summed E-state index contributed by atoms with van der Waals surface area (Å²) in [5, 5.41) is 14.9. The fourth-order valence-corrected chi connectivity index (χ4v) is 22.0. The SMILES string of the molecule is c1ccc(-c2ccc(-c3cc(-c4cccc(-c5cccc(-c6ccc7c(c6)nc(-c6cccc8ccccc68)c6sc8ccccc8c67)c5)c4)nc(-c4ccccc4)n3)cc2)cc1.c1ccc(-c2nc(-c3ccc(-c4ccc5c(c4)nc(-c4cccc6ccccc46)c4sc6ccccc6c45)cc3)cc(-c3ccc(-c4cccc5c4sc4ccccc45)cc3)n2)cc1. The molecule has 0 aliphatic rings. The first-order valence-electron chi connectivity index (χ1n) is 42.7. The number of hydrogen-bond acceptors (Lipinski definition) is 9. The molecule has 9 heteroatoms. The minimum absolute atomic E-state index is 0.698. The summed E-state index contributed by atoms with van der Waals surface area (Å²) in [6.07, 6.45) is 0. The van der Waals surface area contributed by atoms with Crippen LogP contribution in [0.1, 0.15) is 0 Å². The van der Waals surface area contributed by atoms with Gasteiger partial charge in [-0.15, -0.1) is 34.0 Å². The van der Waals surface area contributed by atoms with Crippen molar-refractivity contribution in [3.8, 4) is 146 Å². The van der Waals surface area contributed by atoms with Crippen LogP contribution in [-0.2, 0) is 0 Å². The predicted octanol–water partition coefficient (Wildman–Crippen LogP) is 33.1. The highest BCUT2D eigenvalue weighted by Crippen LogP contribution is 2.49. The van der Waals surface area contributed by atoms with Gasteiger partial charge in [-0.2, -0.15) is 0 Å². The number of fused-ring (bicyclic) bond motifs is 15. The van der Waals surface area contributed by atoms with Gasteiger partial charge in [0.2, 0.25) is 0 Å².